The highest BCUT2D eigenvalue weighted by molar-refractivity contribution is 7.80. The number of fused-ring (bicyclic) bond motifs is 1. The van der Waals surface area contributed by atoms with Crippen LogP contribution in [-0.2, 0) is 0 Å². The van der Waals surface area contributed by atoms with Crippen LogP contribution in [-0.4, -0.2) is 9.66 Å². The quantitative estimate of drug-likeness (QED) is 0.545. The number of aromatic nitrogens is 1. The summed E-state index contributed by atoms with van der Waals surface area (Å²) in [5.74, 6) is 5.89. The molecule has 0 fully saturated rings. The molecule has 0 radical (unpaired) electrons. The van der Waals surface area contributed by atoms with E-state index in [9.17, 15) is 0 Å². The first-order valence-corrected chi connectivity index (χ1v) is 4.68. The Hall–Kier alpha value is -1.55. The van der Waals surface area contributed by atoms with Crippen LogP contribution in [0.5, 0.6) is 0 Å². The number of nitrogen functional groups attached to an aromatic ring is 1. The summed E-state index contributed by atoms with van der Waals surface area (Å²) in [5, 5.41) is 1.10. The van der Waals surface area contributed by atoms with Gasteiger partial charge in [-0.25, -0.2) is 0 Å². The second kappa shape index (κ2) is 2.99. The molecule has 72 valence electrons. The molecular formula is C10H11N3S. The van der Waals surface area contributed by atoms with Crippen molar-refractivity contribution < 1.29 is 0 Å². The molecule has 3 nitrogen and oxygen atoms in total. The number of thiocarbonyl (C=S) groups is 1. The van der Waals surface area contributed by atoms with E-state index in [1.807, 2.05) is 31.2 Å². The summed E-state index contributed by atoms with van der Waals surface area (Å²) in [7, 11) is 0. The summed E-state index contributed by atoms with van der Waals surface area (Å²) in [6.07, 6.45) is 0. The van der Waals surface area contributed by atoms with E-state index >= 15 is 0 Å². The minimum absolute atomic E-state index is 0.334. The molecule has 0 unspecified atom stereocenters. The average molecular weight is 205 g/mol. The second-order valence-electron chi connectivity index (χ2n) is 3.23. The van der Waals surface area contributed by atoms with Crippen LogP contribution in [0.4, 0.5) is 0 Å². The molecule has 1 aromatic carbocycles. The van der Waals surface area contributed by atoms with Crippen molar-refractivity contribution in [1.82, 2.24) is 4.68 Å². The second-order valence-corrected chi connectivity index (χ2v) is 3.66. The lowest BCUT2D eigenvalue weighted by Crippen LogP contribution is -2.21. The first-order valence-electron chi connectivity index (χ1n) is 4.28. The standard InChI is InChI=1S/C10H11N3S/c1-6-7-4-2-3-5-8(7)13(12)9(6)10(11)14/h2-5H,12H2,1H3,(H2,11,14). The average Bonchev–Trinajstić information content (AvgIpc) is 2.41. The molecule has 2 aromatic rings. The van der Waals surface area contributed by atoms with Gasteiger partial charge in [0.25, 0.3) is 0 Å². The summed E-state index contributed by atoms with van der Waals surface area (Å²) in [5.41, 5.74) is 8.34. The topological polar surface area (TPSA) is 57.0 Å². The Labute approximate surface area is 87.3 Å². The van der Waals surface area contributed by atoms with Gasteiger partial charge in [-0.2, -0.15) is 0 Å². The lowest BCUT2D eigenvalue weighted by molar-refractivity contribution is 1.04. The molecule has 14 heavy (non-hydrogen) atoms. The summed E-state index contributed by atoms with van der Waals surface area (Å²) in [6, 6.07) is 7.87. The smallest absolute Gasteiger partial charge is 0.122 e. The fourth-order valence-electron chi connectivity index (χ4n) is 1.73. The summed E-state index contributed by atoms with van der Waals surface area (Å²) in [4.78, 5) is 0.334. The number of aryl methyl sites for hydroxylation is 1. The van der Waals surface area contributed by atoms with E-state index in [1.165, 1.54) is 0 Å². The van der Waals surface area contributed by atoms with E-state index in [0.29, 0.717) is 4.99 Å². The van der Waals surface area contributed by atoms with Crippen molar-refractivity contribution in [3.05, 3.63) is 35.5 Å². The van der Waals surface area contributed by atoms with Gasteiger partial charge in [-0.1, -0.05) is 30.4 Å². The zero-order valence-electron chi connectivity index (χ0n) is 7.82. The molecule has 2 rings (SSSR count). The molecule has 1 heterocycles. The van der Waals surface area contributed by atoms with Gasteiger partial charge in [0.1, 0.15) is 10.7 Å². The van der Waals surface area contributed by atoms with Crippen molar-refractivity contribution in [2.75, 3.05) is 5.84 Å². The maximum absolute atomic E-state index is 5.89. The first kappa shape index (κ1) is 9.02. The number of rotatable bonds is 1. The molecule has 4 N–H and O–H groups in total. The Morgan fingerprint density at radius 2 is 2.00 bits per heavy atom. The van der Waals surface area contributed by atoms with Crippen LogP contribution in [0.1, 0.15) is 11.3 Å². The fourth-order valence-corrected chi connectivity index (χ4v) is 1.98. The number of para-hydroxylation sites is 1. The third kappa shape index (κ3) is 1.08. The molecule has 0 aliphatic heterocycles. The van der Waals surface area contributed by atoms with Crippen molar-refractivity contribution in [3.8, 4) is 0 Å². The Balaban J connectivity index is 2.92. The molecule has 0 saturated carbocycles. The summed E-state index contributed by atoms with van der Waals surface area (Å²) in [6.45, 7) is 1.97. The molecule has 0 aliphatic carbocycles. The molecule has 0 amide bonds. The van der Waals surface area contributed by atoms with Crippen LogP contribution in [0.15, 0.2) is 24.3 Å². The lowest BCUT2D eigenvalue weighted by Gasteiger charge is -2.01. The third-order valence-electron chi connectivity index (χ3n) is 2.40. The van der Waals surface area contributed by atoms with Crippen LogP contribution in [0.25, 0.3) is 10.9 Å². The van der Waals surface area contributed by atoms with Crippen LogP contribution >= 0.6 is 12.2 Å². The van der Waals surface area contributed by atoms with Gasteiger partial charge in [0, 0.05) is 5.39 Å². The highest BCUT2D eigenvalue weighted by atomic mass is 32.1. The molecule has 0 aliphatic rings. The summed E-state index contributed by atoms with van der Waals surface area (Å²) >= 11 is 4.95. The Bertz CT molecular complexity index is 474. The Morgan fingerprint density at radius 3 is 2.57 bits per heavy atom. The van der Waals surface area contributed by atoms with Gasteiger partial charge in [-0.05, 0) is 18.6 Å². The van der Waals surface area contributed by atoms with E-state index in [-0.39, 0.29) is 0 Å². The molecular weight excluding hydrogens is 194 g/mol. The van der Waals surface area contributed by atoms with Crippen molar-refractivity contribution >= 4 is 28.1 Å². The first-order chi connectivity index (χ1) is 6.63. The number of hydrogen-bond acceptors (Lipinski definition) is 2. The zero-order chi connectivity index (χ0) is 10.3. The maximum Gasteiger partial charge on any atom is 0.122 e. The van der Waals surface area contributed by atoms with E-state index < -0.39 is 0 Å². The molecule has 0 spiro atoms. The number of nitrogens with zero attached hydrogens (tertiary/aromatic N) is 1. The highest BCUT2D eigenvalue weighted by Crippen LogP contribution is 2.22. The monoisotopic (exact) mass is 205 g/mol. The molecule has 4 heteroatoms. The zero-order valence-corrected chi connectivity index (χ0v) is 8.64. The number of nitrogens with two attached hydrogens (primary N) is 2. The minimum Gasteiger partial charge on any atom is -0.388 e. The van der Waals surface area contributed by atoms with Gasteiger partial charge in [-0.3, -0.25) is 4.68 Å². The highest BCUT2D eigenvalue weighted by Gasteiger charge is 2.13. The normalized spacial score (nSPS) is 10.6. The number of benzene rings is 1. The van der Waals surface area contributed by atoms with Crippen molar-refractivity contribution in [3.63, 3.8) is 0 Å². The predicted octanol–water partition coefficient (Wildman–Crippen LogP) is 1.30. The van der Waals surface area contributed by atoms with Crippen LogP contribution < -0.4 is 11.6 Å². The van der Waals surface area contributed by atoms with Crippen molar-refractivity contribution in [1.29, 1.82) is 0 Å². The van der Waals surface area contributed by atoms with E-state index in [2.05, 4.69) is 0 Å². The van der Waals surface area contributed by atoms with Crippen molar-refractivity contribution in [2.24, 2.45) is 5.73 Å². The van der Waals surface area contributed by atoms with Gasteiger partial charge in [-0.15, -0.1) is 0 Å². The van der Waals surface area contributed by atoms with Gasteiger partial charge in [0.05, 0.1) is 5.52 Å². The van der Waals surface area contributed by atoms with E-state index in [0.717, 1.165) is 22.2 Å². The predicted molar refractivity (Wildman–Crippen MR) is 62.7 cm³/mol. The van der Waals surface area contributed by atoms with E-state index in [4.69, 9.17) is 23.8 Å². The van der Waals surface area contributed by atoms with Gasteiger partial charge in [0.2, 0.25) is 0 Å². The number of hydrogen-bond donors (Lipinski definition) is 2. The largest absolute Gasteiger partial charge is 0.388 e. The third-order valence-corrected chi connectivity index (χ3v) is 2.59. The molecule has 0 saturated heterocycles. The fraction of sp³-hybridized carbons (Fsp3) is 0.100. The van der Waals surface area contributed by atoms with Gasteiger partial charge < -0.3 is 11.6 Å². The van der Waals surface area contributed by atoms with Crippen LogP contribution in [0, 0.1) is 6.92 Å². The van der Waals surface area contributed by atoms with Gasteiger partial charge in [0.15, 0.2) is 0 Å². The summed E-state index contributed by atoms with van der Waals surface area (Å²) < 4.78 is 1.55. The molecule has 0 bridgehead atoms. The van der Waals surface area contributed by atoms with E-state index in [1.54, 1.807) is 4.68 Å². The van der Waals surface area contributed by atoms with Gasteiger partial charge >= 0.3 is 0 Å². The van der Waals surface area contributed by atoms with Crippen LogP contribution in [0.3, 0.4) is 0 Å². The van der Waals surface area contributed by atoms with Crippen molar-refractivity contribution in [2.45, 2.75) is 6.92 Å². The molecule has 1 aromatic heterocycles. The Morgan fingerprint density at radius 1 is 1.36 bits per heavy atom. The SMILES string of the molecule is Cc1c(C(N)=S)n(N)c2ccccc12. The molecule has 0 atom stereocenters. The van der Waals surface area contributed by atoms with Crippen LogP contribution in [0.2, 0.25) is 0 Å². The minimum atomic E-state index is 0.334. The maximum atomic E-state index is 5.89. The lowest BCUT2D eigenvalue weighted by atomic mass is 10.1. The Kier molecular flexibility index (Phi) is 1.93.